The SMILES string of the molecule is CCNC(=NCCc1ccccc1F)NC1CCN(c2ncccc2F)C1. The lowest BCUT2D eigenvalue weighted by Gasteiger charge is -2.20. The van der Waals surface area contributed by atoms with Crippen LogP contribution in [0.5, 0.6) is 0 Å². The van der Waals surface area contributed by atoms with Crippen LogP contribution in [0.2, 0.25) is 0 Å². The number of halogens is 2. The molecule has 0 saturated carbocycles. The molecule has 7 heteroatoms. The van der Waals surface area contributed by atoms with Gasteiger partial charge in [-0.2, -0.15) is 0 Å². The maximum Gasteiger partial charge on any atom is 0.191 e. The molecular weight excluding hydrogens is 348 g/mol. The van der Waals surface area contributed by atoms with Crippen molar-refractivity contribution in [1.82, 2.24) is 15.6 Å². The number of anilines is 1. The van der Waals surface area contributed by atoms with Gasteiger partial charge in [0.05, 0.1) is 0 Å². The molecule has 0 radical (unpaired) electrons. The summed E-state index contributed by atoms with van der Waals surface area (Å²) < 4.78 is 27.6. The Morgan fingerprint density at radius 1 is 1.22 bits per heavy atom. The topological polar surface area (TPSA) is 52.6 Å². The summed E-state index contributed by atoms with van der Waals surface area (Å²) in [4.78, 5) is 10.6. The summed E-state index contributed by atoms with van der Waals surface area (Å²) in [5, 5.41) is 6.60. The third-order valence-corrected chi connectivity index (χ3v) is 4.52. The lowest BCUT2D eigenvalue weighted by Crippen LogP contribution is -2.44. The van der Waals surface area contributed by atoms with Crippen molar-refractivity contribution in [2.24, 2.45) is 4.99 Å². The number of benzene rings is 1. The molecule has 1 atom stereocenters. The first-order chi connectivity index (χ1) is 13.2. The van der Waals surface area contributed by atoms with Crippen molar-refractivity contribution in [1.29, 1.82) is 0 Å². The molecule has 1 fully saturated rings. The molecule has 0 spiro atoms. The summed E-state index contributed by atoms with van der Waals surface area (Å²) in [6.07, 6.45) is 3.01. The Morgan fingerprint density at radius 3 is 2.81 bits per heavy atom. The minimum atomic E-state index is -0.302. The highest BCUT2D eigenvalue weighted by molar-refractivity contribution is 5.80. The number of aromatic nitrogens is 1. The van der Waals surface area contributed by atoms with Crippen molar-refractivity contribution in [2.45, 2.75) is 25.8 Å². The van der Waals surface area contributed by atoms with Crippen LogP contribution < -0.4 is 15.5 Å². The van der Waals surface area contributed by atoms with Gasteiger partial charge in [0.1, 0.15) is 5.82 Å². The van der Waals surface area contributed by atoms with Gasteiger partial charge < -0.3 is 15.5 Å². The maximum absolute atomic E-state index is 13.9. The van der Waals surface area contributed by atoms with Crippen molar-refractivity contribution in [3.05, 3.63) is 59.8 Å². The monoisotopic (exact) mass is 373 g/mol. The normalized spacial score (nSPS) is 17.2. The first-order valence-electron chi connectivity index (χ1n) is 9.31. The van der Waals surface area contributed by atoms with E-state index in [9.17, 15) is 8.78 Å². The molecule has 1 aromatic heterocycles. The average Bonchev–Trinajstić information content (AvgIpc) is 3.12. The van der Waals surface area contributed by atoms with E-state index in [0.717, 1.165) is 19.5 Å². The summed E-state index contributed by atoms with van der Waals surface area (Å²) in [7, 11) is 0. The van der Waals surface area contributed by atoms with Gasteiger partial charge >= 0.3 is 0 Å². The summed E-state index contributed by atoms with van der Waals surface area (Å²) in [5.41, 5.74) is 0.662. The van der Waals surface area contributed by atoms with Gasteiger partial charge in [0.25, 0.3) is 0 Å². The molecule has 1 saturated heterocycles. The molecule has 1 aromatic carbocycles. The highest BCUT2D eigenvalue weighted by Crippen LogP contribution is 2.20. The number of pyridine rings is 1. The fraction of sp³-hybridized carbons (Fsp3) is 0.400. The van der Waals surface area contributed by atoms with Crippen molar-refractivity contribution in [3.63, 3.8) is 0 Å². The Kier molecular flexibility index (Phi) is 6.57. The zero-order valence-corrected chi connectivity index (χ0v) is 15.5. The molecule has 1 aliphatic heterocycles. The van der Waals surface area contributed by atoms with Gasteiger partial charge in [-0.25, -0.2) is 13.8 Å². The van der Waals surface area contributed by atoms with E-state index in [1.54, 1.807) is 24.4 Å². The third kappa shape index (κ3) is 5.15. The van der Waals surface area contributed by atoms with E-state index in [-0.39, 0.29) is 17.7 Å². The van der Waals surface area contributed by atoms with E-state index >= 15 is 0 Å². The molecule has 5 nitrogen and oxygen atoms in total. The predicted octanol–water partition coefficient (Wildman–Crippen LogP) is 2.74. The Hall–Kier alpha value is -2.70. The summed E-state index contributed by atoms with van der Waals surface area (Å²) >= 11 is 0. The van der Waals surface area contributed by atoms with Crippen LogP contribution in [0.3, 0.4) is 0 Å². The van der Waals surface area contributed by atoms with Gasteiger partial charge in [0.2, 0.25) is 0 Å². The lowest BCUT2D eigenvalue weighted by molar-refractivity contribution is 0.607. The van der Waals surface area contributed by atoms with Gasteiger partial charge in [-0.3, -0.25) is 4.99 Å². The number of hydrogen-bond acceptors (Lipinski definition) is 3. The van der Waals surface area contributed by atoms with Crippen molar-refractivity contribution >= 4 is 11.8 Å². The van der Waals surface area contributed by atoms with Gasteiger partial charge in [-0.05, 0) is 43.5 Å². The standard InChI is InChI=1S/C20H25F2N5/c1-2-23-20(25-12-9-15-6-3-4-7-17(15)21)26-16-10-13-27(14-16)19-18(22)8-5-11-24-19/h3-8,11,16H,2,9-10,12-14H2,1H3,(H2,23,25,26). The van der Waals surface area contributed by atoms with Crippen LogP contribution in [0, 0.1) is 11.6 Å². The van der Waals surface area contributed by atoms with E-state index in [1.807, 2.05) is 17.9 Å². The maximum atomic E-state index is 13.9. The number of aliphatic imine (C=N–C) groups is 1. The van der Waals surface area contributed by atoms with E-state index in [1.165, 1.54) is 12.1 Å². The second kappa shape index (κ2) is 9.30. The smallest absolute Gasteiger partial charge is 0.191 e. The van der Waals surface area contributed by atoms with Crippen LogP contribution in [-0.2, 0) is 6.42 Å². The van der Waals surface area contributed by atoms with Crippen LogP contribution in [0.4, 0.5) is 14.6 Å². The quantitative estimate of drug-likeness (QED) is 0.604. The first kappa shape index (κ1) is 19.1. The molecular formula is C20H25F2N5. The number of rotatable bonds is 6. The van der Waals surface area contributed by atoms with Gasteiger partial charge in [-0.15, -0.1) is 0 Å². The van der Waals surface area contributed by atoms with Crippen LogP contribution in [0.1, 0.15) is 18.9 Å². The summed E-state index contributed by atoms with van der Waals surface area (Å²) in [5.74, 6) is 0.587. The Balaban J connectivity index is 1.56. The minimum absolute atomic E-state index is 0.151. The van der Waals surface area contributed by atoms with Crippen molar-refractivity contribution in [2.75, 3.05) is 31.1 Å². The molecule has 1 aliphatic rings. The summed E-state index contributed by atoms with van der Waals surface area (Å²) in [6.45, 7) is 4.61. The van der Waals surface area contributed by atoms with Crippen LogP contribution in [0.15, 0.2) is 47.6 Å². The van der Waals surface area contributed by atoms with Gasteiger partial charge in [0.15, 0.2) is 17.6 Å². The van der Waals surface area contributed by atoms with Crippen molar-refractivity contribution < 1.29 is 8.78 Å². The molecule has 0 amide bonds. The highest BCUT2D eigenvalue weighted by atomic mass is 19.1. The first-order valence-corrected chi connectivity index (χ1v) is 9.31. The number of hydrogen-bond donors (Lipinski definition) is 2. The van der Waals surface area contributed by atoms with E-state index < -0.39 is 0 Å². The number of nitrogens with zero attached hydrogens (tertiary/aromatic N) is 3. The molecule has 0 bridgehead atoms. The lowest BCUT2D eigenvalue weighted by atomic mass is 10.1. The molecule has 0 aliphatic carbocycles. The number of nitrogens with one attached hydrogen (secondary N) is 2. The molecule has 144 valence electrons. The molecule has 1 unspecified atom stereocenters. The molecule has 2 N–H and O–H groups in total. The van der Waals surface area contributed by atoms with Crippen molar-refractivity contribution in [3.8, 4) is 0 Å². The Morgan fingerprint density at radius 2 is 2.04 bits per heavy atom. The van der Waals surface area contributed by atoms with E-state index in [0.29, 0.717) is 36.9 Å². The second-order valence-electron chi connectivity index (χ2n) is 6.49. The predicted molar refractivity (Wildman–Crippen MR) is 104 cm³/mol. The average molecular weight is 373 g/mol. The second-order valence-corrected chi connectivity index (χ2v) is 6.49. The summed E-state index contributed by atoms with van der Waals surface area (Å²) in [6, 6.07) is 9.93. The molecule has 3 rings (SSSR count). The van der Waals surface area contributed by atoms with Crippen LogP contribution >= 0.6 is 0 Å². The molecule has 2 heterocycles. The minimum Gasteiger partial charge on any atom is -0.357 e. The van der Waals surface area contributed by atoms with Gasteiger partial charge in [0, 0.05) is 38.4 Å². The zero-order valence-electron chi connectivity index (χ0n) is 15.5. The largest absolute Gasteiger partial charge is 0.357 e. The fourth-order valence-electron chi connectivity index (χ4n) is 3.18. The third-order valence-electron chi connectivity index (χ3n) is 4.52. The van der Waals surface area contributed by atoms with E-state index in [2.05, 4.69) is 20.6 Å². The zero-order chi connectivity index (χ0) is 19.1. The fourth-order valence-corrected chi connectivity index (χ4v) is 3.18. The molecule has 2 aromatic rings. The Labute approximate surface area is 158 Å². The molecule has 27 heavy (non-hydrogen) atoms. The van der Waals surface area contributed by atoms with Crippen LogP contribution in [0.25, 0.3) is 0 Å². The number of guanidine groups is 1. The van der Waals surface area contributed by atoms with E-state index in [4.69, 9.17) is 0 Å². The van der Waals surface area contributed by atoms with Crippen LogP contribution in [-0.4, -0.2) is 43.2 Å². The van der Waals surface area contributed by atoms with Gasteiger partial charge in [-0.1, -0.05) is 18.2 Å². The highest BCUT2D eigenvalue weighted by Gasteiger charge is 2.25. The Bertz CT molecular complexity index is 780.